The Balaban J connectivity index is 1.84. The highest BCUT2D eigenvalue weighted by Gasteiger charge is 2.16. The van der Waals surface area contributed by atoms with Crippen LogP contribution in [0.5, 0.6) is 0 Å². The Kier molecular flexibility index (Phi) is 4.79. The molecule has 19 heavy (non-hydrogen) atoms. The second-order valence-corrected chi connectivity index (χ2v) is 5.42. The molecule has 0 unspecified atom stereocenters. The van der Waals surface area contributed by atoms with Crippen molar-refractivity contribution in [1.29, 1.82) is 0 Å². The summed E-state index contributed by atoms with van der Waals surface area (Å²) in [7, 11) is 0. The minimum absolute atomic E-state index is 0.133. The van der Waals surface area contributed by atoms with E-state index in [0.29, 0.717) is 10.8 Å². The Labute approximate surface area is 116 Å². The summed E-state index contributed by atoms with van der Waals surface area (Å²) in [6.45, 7) is 1.70. The molecule has 0 spiro atoms. The first-order chi connectivity index (χ1) is 9.16. The number of carboxylic acids is 1. The molecule has 1 fully saturated rings. The molecule has 0 aliphatic carbocycles. The summed E-state index contributed by atoms with van der Waals surface area (Å²) in [6, 6.07) is 3.14. The lowest BCUT2D eigenvalue weighted by Gasteiger charge is -2.26. The van der Waals surface area contributed by atoms with Crippen molar-refractivity contribution in [2.24, 2.45) is 0 Å². The van der Waals surface area contributed by atoms with Gasteiger partial charge in [0.25, 0.3) is 0 Å². The predicted molar refractivity (Wildman–Crippen MR) is 72.4 cm³/mol. The van der Waals surface area contributed by atoms with Crippen LogP contribution in [-0.4, -0.2) is 45.7 Å². The molecule has 1 amide bonds. The summed E-state index contributed by atoms with van der Waals surface area (Å²) in [6.07, 6.45) is 4.69. The molecule has 1 aromatic heterocycles. The Morgan fingerprint density at radius 1 is 1.26 bits per heavy atom. The van der Waals surface area contributed by atoms with E-state index in [4.69, 9.17) is 5.11 Å². The van der Waals surface area contributed by atoms with Crippen LogP contribution in [0.3, 0.4) is 0 Å². The SMILES string of the molecule is O=C(O)c1ccc(SCC(=O)N2CCCCC2)nc1. The van der Waals surface area contributed by atoms with Crippen molar-refractivity contribution in [3.63, 3.8) is 0 Å². The number of hydrogen-bond donors (Lipinski definition) is 1. The third-order valence-corrected chi connectivity index (χ3v) is 3.96. The summed E-state index contributed by atoms with van der Waals surface area (Å²) in [5, 5.41) is 9.43. The third-order valence-electron chi connectivity index (χ3n) is 3.04. The van der Waals surface area contributed by atoms with Crippen LogP contribution in [0.2, 0.25) is 0 Å². The Bertz CT molecular complexity index is 455. The monoisotopic (exact) mass is 280 g/mol. The average molecular weight is 280 g/mol. The highest BCUT2D eigenvalue weighted by Crippen LogP contribution is 2.17. The van der Waals surface area contributed by atoms with Crippen LogP contribution < -0.4 is 0 Å². The molecule has 1 aliphatic heterocycles. The fraction of sp³-hybridized carbons (Fsp3) is 0.462. The van der Waals surface area contributed by atoms with Gasteiger partial charge in [0, 0.05) is 19.3 Å². The first kappa shape index (κ1) is 13.9. The number of amides is 1. The van der Waals surface area contributed by atoms with Gasteiger partial charge in [-0.3, -0.25) is 4.79 Å². The van der Waals surface area contributed by atoms with Gasteiger partial charge < -0.3 is 10.0 Å². The van der Waals surface area contributed by atoms with E-state index in [2.05, 4.69) is 4.98 Å². The van der Waals surface area contributed by atoms with E-state index >= 15 is 0 Å². The van der Waals surface area contributed by atoms with Crippen molar-refractivity contribution in [3.8, 4) is 0 Å². The van der Waals surface area contributed by atoms with Crippen molar-refractivity contribution < 1.29 is 14.7 Å². The van der Waals surface area contributed by atoms with Gasteiger partial charge in [0.1, 0.15) is 0 Å². The molecule has 0 bridgehead atoms. The number of aromatic nitrogens is 1. The molecular formula is C13H16N2O3S. The van der Waals surface area contributed by atoms with E-state index in [1.54, 1.807) is 6.07 Å². The molecule has 0 atom stereocenters. The molecule has 6 heteroatoms. The van der Waals surface area contributed by atoms with Gasteiger partial charge in [-0.15, -0.1) is 0 Å². The smallest absolute Gasteiger partial charge is 0.337 e. The van der Waals surface area contributed by atoms with E-state index in [9.17, 15) is 9.59 Å². The second kappa shape index (κ2) is 6.56. The van der Waals surface area contributed by atoms with Gasteiger partial charge in [0.05, 0.1) is 16.3 Å². The van der Waals surface area contributed by atoms with Crippen LogP contribution in [0.4, 0.5) is 0 Å². The number of nitrogens with zero attached hydrogens (tertiary/aromatic N) is 2. The maximum atomic E-state index is 11.9. The van der Waals surface area contributed by atoms with Crippen LogP contribution in [0.25, 0.3) is 0 Å². The van der Waals surface area contributed by atoms with Crippen molar-refractivity contribution >= 4 is 23.6 Å². The van der Waals surface area contributed by atoms with Gasteiger partial charge in [-0.1, -0.05) is 11.8 Å². The topological polar surface area (TPSA) is 70.5 Å². The molecule has 1 saturated heterocycles. The normalized spacial score (nSPS) is 15.3. The van der Waals surface area contributed by atoms with Gasteiger partial charge >= 0.3 is 5.97 Å². The number of thioether (sulfide) groups is 1. The van der Waals surface area contributed by atoms with Crippen molar-refractivity contribution in [2.75, 3.05) is 18.8 Å². The lowest BCUT2D eigenvalue weighted by molar-refractivity contribution is -0.129. The first-order valence-electron chi connectivity index (χ1n) is 6.27. The van der Waals surface area contributed by atoms with E-state index in [0.717, 1.165) is 25.9 Å². The molecule has 1 aliphatic rings. The summed E-state index contributed by atoms with van der Waals surface area (Å²) in [4.78, 5) is 28.5. The van der Waals surface area contributed by atoms with Crippen LogP contribution >= 0.6 is 11.8 Å². The number of aromatic carboxylic acids is 1. The van der Waals surface area contributed by atoms with Crippen LogP contribution in [0.15, 0.2) is 23.4 Å². The number of carboxylic acid groups (broad SMARTS) is 1. The van der Waals surface area contributed by atoms with Gasteiger partial charge in [-0.25, -0.2) is 9.78 Å². The molecule has 0 aromatic carbocycles. The number of likely N-dealkylation sites (tertiary alicyclic amines) is 1. The highest BCUT2D eigenvalue weighted by molar-refractivity contribution is 7.99. The molecule has 0 saturated carbocycles. The van der Waals surface area contributed by atoms with Gasteiger partial charge in [0.2, 0.25) is 5.91 Å². The standard InChI is InChI=1S/C13H16N2O3S/c16-12(15-6-2-1-3-7-15)9-19-11-5-4-10(8-14-11)13(17)18/h4-5,8H,1-3,6-7,9H2,(H,17,18). The average Bonchev–Trinajstić information content (AvgIpc) is 2.46. The van der Waals surface area contributed by atoms with Gasteiger partial charge in [0.15, 0.2) is 0 Å². The minimum atomic E-state index is -0.992. The second-order valence-electron chi connectivity index (χ2n) is 4.42. The fourth-order valence-corrected chi connectivity index (χ4v) is 2.71. The fourth-order valence-electron chi connectivity index (χ4n) is 1.96. The van der Waals surface area contributed by atoms with Crippen LogP contribution in [-0.2, 0) is 4.79 Å². The summed E-state index contributed by atoms with van der Waals surface area (Å²) >= 11 is 1.35. The zero-order valence-corrected chi connectivity index (χ0v) is 11.4. The molecule has 0 radical (unpaired) electrons. The molecule has 2 rings (SSSR count). The minimum Gasteiger partial charge on any atom is -0.478 e. The lowest BCUT2D eigenvalue weighted by atomic mass is 10.1. The van der Waals surface area contributed by atoms with E-state index in [-0.39, 0.29) is 11.5 Å². The van der Waals surface area contributed by atoms with Gasteiger partial charge in [-0.05, 0) is 31.4 Å². The third kappa shape index (κ3) is 3.96. The number of rotatable bonds is 4. The van der Waals surface area contributed by atoms with E-state index in [1.807, 2.05) is 4.90 Å². The zero-order chi connectivity index (χ0) is 13.7. The summed E-state index contributed by atoms with van der Waals surface area (Å²) in [5.74, 6) is -0.498. The molecule has 102 valence electrons. The number of pyridine rings is 1. The number of carbonyl (C=O) groups excluding carboxylic acids is 1. The molecule has 1 N–H and O–H groups in total. The molecule has 1 aromatic rings. The number of carbonyl (C=O) groups is 2. The van der Waals surface area contributed by atoms with E-state index in [1.165, 1.54) is 30.4 Å². The Morgan fingerprint density at radius 2 is 2.00 bits per heavy atom. The van der Waals surface area contributed by atoms with Crippen LogP contribution in [0, 0.1) is 0 Å². The van der Waals surface area contributed by atoms with Gasteiger partial charge in [-0.2, -0.15) is 0 Å². The Hall–Kier alpha value is -1.56. The van der Waals surface area contributed by atoms with Crippen molar-refractivity contribution in [1.82, 2.24) is 9.88 Å². The quantitative estimate of drug-likeness (QED) is 0.853. The number of hydrogen-bond acceptors (Lipinski definition) is 4. The lowest BCUT2D eigenvalue weighted by Crippen LogP contribution is -2.36. The highest BCUT2D eigenvalue weighted by atomic mass is 32.2. The predicted octanol–water partition coefficient (Wildman–Crippen LogP) is 1.88. The molecular weight excluding hydrogens is 264 g/mol. The maximum absolute atomic E-state index is 11.9. The number of piperidine rings is 1. The molecule has 5 nitrogen and oxygen atoms in total. The van der Waals surface area contributed by atoms with E-state index < -0.39 is 5.97 Å². The first-order valence-corrected chi connectivity index (χ1v) is 7.25. The largest absolute Gasteiger partial charge is 0.478 e. The maximum Gasteiger partial charge on any atom is 0.337 e. The van der Waals surface area contributed by atoms with Crippen molar-refractivity contribution in [2.45, 2.75) is 24.3 Å². The molecule has 2 heterocycles. The zero-order valence-electron chi connectivity index (χ0n) is 10.5. The van der Waals surface area contributed by atoms with Crippen LogP contribution in [0.1, 0.15) is 29.6 Å². The Morgan fingerprint density at radius 3 is 2.58 bits per heavy atom. The summed E-state index contributed by atoms with van der Waals surface area (Å²) < 4.78 is 0. The van der Waals surface area contributed by atoms with Crippen molar-refractivity contribution in [3.05, 3.63) is 23.9 Å². The summed E-state index contributed by atoms with van der Waals surface area (Å²) in [5.41, 5.74) is 0.159.